The molecule has 0 fully saturated rings. The van der Waals surface area contributed by atoms with E-state index < -0.39 is 0 Å². The highest BCUT2D eigenvalue weighted by Crippen LogP contribution is 2.20. The SMILES string of the molecule is CCC(C)n1cnc2ccc(F)cc21. The molecular weight excluding hydrogens is 179 g/mol. The van der Waals surface area contributed by atoms with E-state index >= 15 is 0 Å². The molecule has 74 valence electrons. The van der Waals surface area contributed by atoms with Crippen LogP contribution in [0.3, 0.4) is 0 Å². The zero-order chi connectivity index (χ0) is 10.1. The maximum Gasteiger partial charge on any atom is 0.125 e. The van der Waals surface area contributed by atoms with Crippen molar-refractivity contribution in [2.45, 2.75) is 26.3 Å². The lowest BCUT2D eigenvalue weighted by Gasteiger charge is -2.11. The number of hydrogen-bond donors (Lipinski definition) is 0. The molecule has 0 saturated heterocycles. The molecule has 0 aliphatic heterocycles. The minimum atomic E-state index is -0.206. The molecule has 2 rings (SSSR count). The quantitative estimate of drug-likeness (QED) is 0.714. The van der Waals surface area contributed by atoms with Crippen molar-refractivity contribution in [3.8, 4) is 0 Å². The Balaban J connectivity index is 2.61. The molecule has 14 heavy (non-hydrogen) atoms. The van der Waals surface area contributed by atoms with Gasteiger partial charge in [-0.2, -0.15) is 0 Å². The van der Waals surface area contributed by atoms with Crippen molar-refractivity contribution in [3.63, 3.8) is 0 Å². The van der Waals surface area contributed by atoms with Crippen LogP contribution in [0.4, 0.5) is 4.39 Å². The van der Waals surface area contributed by atoms with Gasteiger partial charge in [-0.05, 0) is 31.5 Å². The summed E-state index contributed by atoms with van der Waals surface area (Å²) in [5.74, 6) is -0.206. The van der Waals surface area contributed by atoms with Crippen molar-refractivity contribution in [2.24, 2.45) is 0 Å². The van der Waals surface area contributed by atoms with E-state index in [9.17, 15) is 4.39 Å². The average molecular weight is 192 g/mol. The highest BCUT2D eigenvalue weighted by atomic mass is 19.1. The third-order valence-electron chi connectivity index (χ3n) is 2.60. The van der Waals surface area contributed by atoms with E-state index in [-0.39, 0.29) is 5.82 Å². The summed E-state index contributed by atoms with van der Waals surface area (Å²) in [5.41, 5.74) is 1.73. The maximum atomic E-state index is 13.0. The summed E-state index contributed by atoms with van der Waals surface area (Å²) in [6.45, 7) is 4.21. The zero-order valence-corrected chi connectivity index (χ0v) is 8.37. The van der Waals surface area contributed by atoms with Crippen LogP contribution in [-0.4, -0.2) is 9.55 Å². The third kappa shape index (κ3) is 1.39. The van der Waals surface area contributed by atoms with E-state index in [4.69, 9.17) is 0 Å². The van der Waals surface area contributed by atoms with E-state index in [1.165, 1.54) is 12.1 Å². The van der Waals surface area contributed by atoms with Gasteiger partial charge in [-0.25, -0.2) is 9.37 Å². The van der Waals surface area contributed by atoms with Gasteiger partial charge in [0.25, 0.3) is 0 Å². The first kappa shape index (κ1) is 9.19. The van der Waals surface area contributed by atoms with Crippen molar-refractivity contribution >= 4 is 11.0 Å². The van der Waals surface area contributed by atoms with Crippen LogP contribution in [0, 0.1) is 5.82 Å². The number of nitrogens with zero attached hydrogens (tertiary/aromatic N) is 2. The van der Waals surface area contributed by atoms with Crippen molar-refractivity contribution in [2.75, 3.05) is 0 Å². The summed E-state index contributed by atoms with van der Waals surface area (Å²) < 4.78 is 15.0. The van der Waals surface area contributed by atoms with Crippen molar-refractivity contribution in [1.82, 2.24) is 9.55 Å². The minimum absolute atomic E-state index is 0.206. The largest absolute Gasteiger partial charge is 0.328 e. The molecule has 2 nitrogen and oxygen atoms in total. The Bertz CT molecular complexity index is 447. The van der Waals surface area contributed by atoms with E-state index in [1.807, 2.05) is 4.57 Å². The van der Waals surface area contributed by atoms with Crippen molar-refractivity contribution in [1.29, 1.82) is 0 Å². The predicted octanol–water partition coefficient (Wildman–Crippen LogP) is 3.15. The number of imidazole rings is 1. The fourth-order valence-electron chi connectivity index (χ4n) is 1.55. The molecule has 1 heterocycles. The van der Waals surface area contributed by atoms with Crippen LogP contribution in [0.5, 0.6) is 0 Å². The summed E-state index contributed by atoms with van der Waals surface area (Å²) in [6.07, 6.45) is 2.79. The molecule has 0 aliphatic rings. The Morgan fingerprint density at radius 2 is 2.29 bits per heavy atom. The van der Waals surface area contributed by atoms with Gasteiger partial charge in [0.1, 0.15) is 5.82 Å². The maximum absolute atomic E-state index is 13.0. The standard InChI is InChI=1S/C11H13FN2/c1-3-8(2)14-7-13-10-5-4-9(12)6-11(10)14/h4-8H,3H2,1-2H3. The Morgan fingerprint density at radius 1 is 1.50 bits per heavy atom. The van der Waals surface area contributed by atoms with Gasteiger partial charge < -0.3 is 4.57 Å². The van der Waals surface area contributed by atoms with Crippen molar-refractivity contribution < 1.29 is 4.39 Å². The Labute approximate surface area is 82.4 Å². The summed E-state index contributed by atoms with van der Waals surface area (Å²) in [7, 11) is 0. The van der Waals surface area contributed by atoms with Gasteiger partial charge in [-0.1, -0.05) is 6.92 Å². The molecule has 1 atom stereocenters. The molecule has 0 amide bonds. The van der Waals surface area contributed by atoms with Gasteiger partial charge in [0.15, 0.2) is 0 Å². The molecule has 0 saturated carbocycles. The van der Waals surface area contributed by atoms with Crippen LogP contribution in [0.1, 0.15) is 26.3 Å². The third-order valence-corrected chi connectivity index (χ3v) is 2.60. The molecule has 0 radical (unpaired) electrons. The fourth-order valence-corrected chi connectivity index (χ4v) is 1.55. The highest BCUT2D eigenvalue weighted by Gasteiger charge is 2.07. The fraction of sp³-hybridized carbons (Fsp3) is 0.364. The first-order chi connectivity index (χ1) is 6.72. The van der Waals surface area contributed by atoms with E-state index in [2.05, 4.69) is 18.8 Å². The van der Waals surface area contributed by atoms with Crippen molar-refractivity contribution in [3.05, 3.63) is 30.3 Å². The summed E-state index contributed by atoms with van der Waals surface area (Å²) >= 11 is 0. The number of hydrogen-bond acceptors (Lipinski definition) is 1. The molecule has 1 aromatic carbocycles. The highest BCUT2D eigenvalue weighted by molar-refractivity contribution is 5.75. The van der Waals surface area contributed by atoms with Gasteiger partial charge in [0.05, 0.1) is 17.4 Å². The normalized spacial score (nSPS) is 13.4. The summed E-state index contributed by atoms with van der Waals surface area (Å²) in [5, 5.41) is 0. The first-order valence-corrected chi connectivity index (χ1v) is 4.84. The molecule has 0 N–H and O–H groups in total. The van der Waals surface area contributed by atoms with Crippen LogP contribution in [0.15, 0.2) is 24.5 Å². The summed E-state index contributed by atoms with van der Waals surface area (Å²) in [4.78, 5) is 4.23. The summed E-state index contributed by atoms with van der Waals surface area (Å²) in [6, 6.07) is 5.05. The van der Waals surface area contributed by atoms with Crippen LogP contribution >= 0.6 is 0 Å². The number of benzene rings is 1. The van der Waals surface area contributed by atoms with Crippen LogP contribution in [0.25, 0.3) is 11.0 Å². The lowest BCUT2D eigenvalue weighted by Crippen LogP contribution is -2.01. The minimum Gasteiger partial charge on any atom is -0.328 e. The predicted molar refractivity (Wildman–Crippen MR) is 54.7 cm³/mol. The number of aromatic nitrogens is 2. The van der Waals surface area contributed by atoms with Crippen LogP contribution in [-0.2, 0) is 0 Å². The first-order valence-electron chi connectivity index (χ1n) is 4.84. The smallest absolute Gasteiger partial charge is 0.125 e. The molecule has 0 bridgehead atoms. The van der Waals surface area contributed by atoms with Gasteiger partial charge in [-0.3, -0.25) is 0 Å². The average Bonchev–Trinajstić information content (AvgIpc) is 2.59. The molecule has 3 heteroatoms. The van der Waals surface area contributed by atoms with Gasteiger partial charge in [-0.15, -0.1) is 0 Å². The number of rotatable bonds is 2. The lowest BCUT2D eigenvalue weighted by molar-refractivity contribution is 0.543. The zero-order valence-electron chi connectivity index (χ0n) is 8.37. The van der Waals surface area contributed by atoms with E-state index in [1.54, 1.807) is 12.4 Å². The molecule has 1 unspecified atom stereocenters. The van der Waals surface area contributed by atoms with Gasteiger partial charge >= 0.3 is 0 Å². The van der Waals surface area contributed by atoms with E-state index in [0.717, 1.165) is 17.5 Å². The second-order valence-corrected chi connectivity index (χ2v) is 3.54. The lowest BCUT2D eigenvalue weighted by atomic mass is 10.2. The number of halogens is 1. The number of fused-ring (bicyclic) bond motifs is 1. The Morgan fingerprint density at radius 3 is 3.00 bits per heavy atom. The van der Waals surface area contributed by atoms with Crippen LogP contribution in [0.2, 0.25) is 0 Å². The second-order valence-electron chi connectivity index (χ2n) is 3.54. The Kier molecular flexibility index (Phi) is 2.23. The van der Waals surface area contributed by atoms with Crippen LogP contribution < -0.4 is 0 Å². The van der Waals surface area contributed by atoms with Gasteiger partial charge in [0.2, 0.25) is 0 Å². The second kappa shape index (κ2) is 3.40. The van der Waals surface area contributed by atoms with E-state index in [0.29, 0.717) is 6.04 Å². The molecule has 2 aromatic rings. The monoisotopic (exact) mass is 192 g/mol. The molecule has 0 aliphatic carbocycles. The molecular formula is C11H13FN2. The molecule has 1 aromatic heterocycles. The van der Waals surface area contributed by atoms with Gasteiger partial charge in [0, 0.05) is 6.04 Å². The molecule has 0 spiro atoms. The topological polar surface area (TPSA) is 17.8 Å². The Hall–Kier alpha value is -1.38.